The second-order valence-electron chi connectivity index (χ2n) is 3.14. The Labute approximate surface area is 81.4 Å². The lowest BCUT2D eigenvalue weighted by Gasteiger charge is -2.02. The summed E-state index contributed by atoms with van der Waals surface area (Å²) in [5, 5.41) is 9.81. The molecule has 1 saturated heterocycles. The largest absolute Gasteiger partial charge is 0.396 e. The second kappa shape index (κ2) is 4.17. The Morgan fingerprint density at radius 2 is 2.62 bits per heavy atom. The lowest BCUT2D eigenvalue weighted by molar-refractivity contribution is 0.111. The monoisotopic (exact) mass is 199 g/mol. The van der Waals surface area contributed by atoms with Crippen LogP contribution in [-0.4, -0.2) is 23.3 Å². The van der Waals surface area contributed by atoms with Crippen molar-refractivity contribution in [3.63, 3.8) is 0 Å². The average Bonchev–Trinajstić information content (AvgIpc) is 2.70. The summed E-state index contributed by atoms with van der Waals surface area (Å²) in [6.45, 7) is 1.06. The molecule has 1 aromatic heterocycles. The number of thiazole rings is 1. The molecule has 1 aliphatic rings. The standard InChI is InChI=1S/C9H13NO2S/c11-4-3-7-6-10-9(13-7)8-2-1-5-12-8/h6,8,11H,1-5H2. The number of ether oxygens (including phenoxy) is 1. The predicted molar refractivity (Wildman–Crippen MR) is 50.8 cm³/mol. The molecule has 3 nitrogen and oxygen atoms in total. The van der Waals surface area contributed by atoms with Crippen LogP contribution in [0.4, 0.5) is 0 Å². The van der Waals surface area contributed by atoms with Gasteiger partial charge in [-0.1, -0.05) is 0 Å². The molecule has 1 N–H and O–H groups in total. The molecule has 1 aromatic rings. The van der Waals surface area contributed by atoms with Gasteiger partial charge in [0.15, 0.2) is 0 Å². The van der Waals surface area contributed by atoms with E-state index in [4.69, 9.17) is 9.84 Å². The molecule has 1 atom stereocenters. The van der Waals surface area contributed by atoms with Crippen molar-refractivity contribution in [1.82, 2.24) is 4.98 Å². The highest BCUT2D eigenvalue weighted by Crippen LogP contribution is 2.31. The highest BCUT2D eigenvalue weighted by atomic mass is 32.1. The molecule has 4 heteroatoms. The van der Waals surface area contributed by atoms with Crippen LogP contribution >= 0.6 is 11.3 Å². The van der Waals surface area contributed by atoms with Crippen molar-refractivity contribution in [1.29, 1.82) is 0 Å². The highest BCUT2D eigenvalue weighted by molar-refractivity contribution is 7.11. The minimum Gasteiger partial charge on any atom is -0.396 e. The van der Waals surface area contributed by atoms with Crippen LogP contribution in [0.2, 0.25) is 0 Å². The first-order valence-electron chi connectivity index (χ1n) is 4.57. The van der Waals surface area contributed by atoms with E-state index in [0.29, 0.717) is 6.42 Å². The smallest absolute Gasteiger partial charge is 0.122 e. The number of nitrogens with zero attached hydrogens (tertiary/aromatic N) is 1. The van der Waals surface area contributed by atoms with Gasteiger partial charge in [0.2, 0.25) is 0 Å². The van der Waals surface area contributed by atoms with Gasteiger partial charge in [0.25, 0.3) is 0 Å². The fourth-order valence-corrected chi connectivity index (χ4v) is 2.46. The molecule has 0 radical (unpaired) electrons. The SMILES string of the molecule is OCCc1cnc(C2CCCO2)s1. The third-order valence-corrected chi connectivity index (χ3v) is 3.28. The van der Waals surface area contributed by atoms with E-state index in [2.05, 4.69) is 4.98 Å². The summed E-state index contributed by atoms with van der Waals surface area (Å²) in [4.78, 5) is 5.45. The van der Waals surface area contributed by atoms with Gasteiger partial charge in [-0.3, -0.25) is 0 Å². The Morgan fingerprint density at radius 3 is 3.31 bits per heavy atom. The predicted octanol–water partition coefficient (Wildman–Crippen LogP) is 1.53. The summed E-state index contributed by atoms with van der Waals surface area (Å²) >= 11 is 1.66. The van der Waals surface area contributed by atoms with Crippen LogP contribution in [0, 0.1) is 0 Å². The topological polar surface area (TPSA) is 42.4 Å². The van der Waals surface area contributed by atoms with Crippen molar-refractivity contribution in [3.05, 3.63) is 16.1 Å². The maximum Gasteiger partial charge on any atom is 0.122 e. The van der Waals surface area contributed by atoms with E-state index >= 15 is 0 Å². The Morgan fingerprint density at radius 1 is 1.69 bits per heavy atom. The normalized spacial score (nSPS) is 22.4. The number of aromatic nitrogens is 1. The molecule has 0 saturated carbocycles. The van der Waals surface area contributed by atoms with Crippen LogP contribution in [0.1, 0.15) is 28.8 Å². The van der Waals surface area contributed by atoms with Gasteiger partial charge in [0.05, 0.1) is 0 Å². The van der Waals surface area contributed by atoms with Crippen LogP contribution in [0.3, 0.4) is 0 Å². The lowest BCUT2D eigenvalue weighted by atomic mass is 10.2. The molecule has 0 aliphatic carbocycles. The fraction of sp³-hybridized carbons (Fsp3) is 0.667. The summed E-state index contributed by atoms with van der Waals surface area (Å²) < 4.78 is 5.52. The third kappa shape index (κ3) is 2.07. The van der Waals surface area contributed by atoms with Crippen LogP contribution in [0.5, 0.6) is 0 Å². The minimum atomic E-state index is 0.202. The van der Waals surface area contributed by atoms with Crippen molar-refractivity contribution in [2.75, 3.05) is 13.2 Å². The van der Waals surface area contributed by atoms with Gasteiger partial charge in [-0.15, -0.1) is 11.3 Å². The van der Waals surface area contributed by atoms with Crippen molar-refractivity contribution in [3.8, 4) is 0 Å². The number of aliphatic hydroxyl groups is 1. The summed E-state index contributed by atoms with van der Waals surface area (Å²) in [6.07, 6.45) is 5.01. The first kappa shape index (κ1) is 9.12. The minimum absolute atomic E-state index is 0.202. The van der Waals surface area contributed by atoms with Crippen molar-refractivity contribution < 1.29 is 9.84 Å². The first-order valence-corrected chi connectivity index (χ1v) is 5.39. The van der Waals surface area contributed by atoms with Crippen LogP contribution in [0.25, 0.3) is 0 Å². The molecule has 72 valence electrons. The maximum atomic E-state index is 8.74. The first-order chi connectivity index (χ1) is 6.40. The average molecular weight is 199 g/mol. The molecule has 2 heterocycles. The maximum absolute atomic E-state index is 8.74. The molecule has 1 fully saturated rings. The van der Waals surface area contributed by atoms with Crippen molar-refractivity contribution >= 4 is 11.3 Å². The summed E-state index contributed by atoms with van der Waals surface area (Å²) in [5.41, 5.74) is 0. The van der Waals surface area contributed by atoms with E-state index in [1.165, 1.54) is 0 Å². The van der Waals surface area contributed by atoms with E-state index in [9.17, 15) is 0 Å². The highest BCUT2D eigenvalue weighted by Gasteiger charge is 2.20. The van der Waals surface area contributed by atoms with E-state index in [1.807, 2.05) is 6.20 Å². The van der Waals surface area contributed by atoms with Crippen LogP contribution in [-0.2, 0) is 11.2 Å². The lowest BCUT2D eigenvalue weighted by Crippen LogP contribution is -1.93. The van der Waals surface area contributed by atoms with Gasteiger partial charge < -0.3 is 9.84 Å². The molecule has 0 amide bonds. The Bertz CT molecular complexity index is 268. The Kier molecular flexibility index (Phi) is 2.93. The molecule has 0 bridgehead atoms. The van der Waals surface area contributed by atoms with Crippen molar-refractivity contribution in [2.24, 2.45) is 0 Å². The quantitative estimate of drug-likeness (QED) is 0.802. The molecule has 1 unspecified atom stereocenters. The molecule has 0 aromatic carbocycles. The van der Waals surface area contributed by atoms with Crippen LogP contribution in [0.15, 0.2) is 6.20 Å². The molecule has 2 rings (SSSR count). The molecular weight excluding hydrogens is 186 g/mol. The number of rotatable bonds is 3. The molecule has 0 spiro atoms. The van der Waals surface area contributed by atoms with Gasteiger partial charge in [-0.05, 0) is 12.8 Å². The molecular formula is C9H13NO2S. The summed E-state index contributed by atoms with van der Waals surface area (Å²) in [7, 11) is 0. The third-order valence-electron chi connectivity index (χ3n) is 2.13. The molecule has 1 aliphatic heterocycles. The number of hydrogen-bond acceptors (Lipinski definition) is 4. The van der Waals surface area contributed by atoms with E-state index in [0.717, 1.165) is 29.3 Å². The van der Waals surface area contributed by atoms with Gasteiger partial charge >= 0.3 is 0 Å². The Balaban J connectivity index is 2.03. The van der Waals surface area contributed by atoms with E-state index < -0.39 is 0 Å². The zero-order valence-electron chi connectivity index (χ0n) is 7.40. The summed E-state index contributed by atoms with van der Waals surface area (Å²) in [6, 6.07) is 0. The second-order valence-corrected chi connectivity index (χ2v) is 4.29. The van der Waals surface area contributed by atoms with Crippen LogP contribution < -0.4 is 0 Å². The van der Waals surface area contributed by atoms with Gasteiger partial charge in [-0.25, -0.2) is 4.98 Å². The zero-order valence-corrected chi connectivity index (χ0v) is 8.22. The zero-order chi connectivity index (χ0) is 9.10. The van der Waals surface area contributed by atoms with Crippen molar-refractivity contribution in [2.45, 2.75) is 25.4 Å². The number of aliphatic hydroxyl groups excluding tert-OH is 1. The molecule has 13 heavy (non-hydrogen) atoms. The van der Waals surface area contributed by atoms with Gasteiger partial charge in [0, 0.05) is 30.7 Å². The Hall–Kier alpha value is -0.450. The van der Waals surface area contributed by atoms with E-state index in [-0.39, 0.29) is 12.7 Å². The van der Waals surface area contributed by atoms with Gasteiger partial charge in [-0.2, -0.15) is 0 Å². The van der Waals surface area contributed by atoms with E-state index in [1.54, 1.807) is 11.3 Å². The fourth-order valence-electron chi connectivity index (χ4n) is 1.47. The van der Waals surface area contributed by atoms with Gasteiger partial charge in [0.1, 0.15) is 11.1 Å². The summed E-state index contributed by atoms with van der Waals surface area (Å²) in [5.74, 6) is 0. The number of hydrogen-bond donors (Lipinski definition) is 1.